The topological polar surface area (TPSA) is 84.5 Å². The Morgan fingerprint density at radius 3 is 2.52 bits per heavy atom. The SMILES string of the molecule is CCNC(=O)NC(=O)COC(=O)/C=C/c1ccc(Cl)cc1. The van der Waals surface area contributed by atoms with Gasteiger partial charge in [0.25, 0.3) is 5.91 Å². The summed E-state index contributed by atoms with van der Waals surface area (Å²) >= 11 is 5.73. The lowest BCUT2D eigenvalue weighted by atomic mass is 10.2. The molecule has 0 saturated carbocycles. The molecule has 0 aliphatic rings. The van der Waals surface area contributed by atoms with E-state index >= 15 is 0 Å². The zero-order valence-corrected chi connectivity index (χ0v) is 12.1. The number of esters is 1. The van der Waals surface area contributed by atoms with Gasteiger partial charge >= 0.3 is 12.0 Å². The van der Waals surface area contributed by atoms with Crippen molar-refractivity contribution in [2.45, 2.75) is 6.92 Å². The van der Waals surface area contributed by atoms with Crippen molar-refractivity contribution < 1.29 is 19.1 Å². The van der Waals surface area contributed by atoms with E-state index in [1.54, 1.807) is 31.2 Å². The molecule has 2 N–H and O–H groups in total. The van der Waals surface area contributed by atoms with Gasteiger partial charge in [-0.2, -0.15) is 0 Å². The largest absolute Gasteiger partial charge is 0.452 e. The molecule has 0 radical (unpaired) electrons. The number of imide groups is 1. The van der Waals surface area contributed by atoms with Gasteiger partial charge in [-0.25, -0.2) is 9.59 Å². The summed E-state index contributed by atoms with van der Waals surface area (Å²) in [6.45, 7) is 1.58. The summed E-state index contributed by atoms with van der Waals surface area (Å²) in [7, 11) is 0. The van der Waals surface area contributed by atoms with Gasteiger partial charge in [-0.15, -0.1) is 0 Å². The molecule has 1 aromatic rings. The lowest BCUT2D eigenvalue weighted by Gasteiger charge is -2.04. The average molecular weight is 311 g/mol. The summed E-state index contributed by atoms with van der Waals surface area (Å²) in [5.41, 5.74) is 0.767. The van der Waals surface area contributed by atoms with Crippen LogP contribution >= 0.6 is 11.6 Å². The first-order valence-electron chi connectivity index (χ1n) is 6.19. The molecule has 0 aliphatic carbocycles. The fourth-order valence-electron chi connectivity index (χ4n) is 1.29. The molecule has 0 aromatic heterocycles. The summed E-state index contributed by atoms with van der Waals surface area (Å²) in [5.74, 6) is -1.38. The Kier molecular flexibility index (Phi) is 6.97. The molecular weight excluding hydrogens is 296 g/mol. The van der Waals surface area contributed by atoms with E-state index in [0.29, 0.717) is 11.6 Å². The summed E-state index contributed by atoms with van der Waals surface area (Å²) < 4.78 is 4.68. The Morgan fingerprint density at radius 2 is 1.90 bits per heavy atom. The number of benzene rings is 1. The molecule has 0 heterocycles. The van der Waals surface area contributed by atoms with E-state index in [2.05, 4.69) is 10.1 Å². The summed E-state index contributed by atoms with van der Waals surface area (Å²) in [4.78, 5) is 33.7. The van der Waals surface area contributed by atoms with E-state index in [4.69, 9.17) is 11.6 Å². The number of carbonyl (C=O) groups is 3. The molecule has 0 bridgehead atoms. The maximum absolute atomic E-state index is 11.4. The smallest absolute Gasteiger partial charge is 0.331 e. The molecule has 0 unspecified atom stereocenters. The van der Waals surface area contributed by atoms with Gasteiger partial charge in [-0.1, -0.05) is 23.7 Å². The van der Waals surface area contributed by atoms with Gasteiger partial charge in [-0.3, -0.25) is 10.1 Å². The van der Waals surface area contributed by atoms with Crippen LogP contribution < -0.4 is 10.6 Å². The second-order valence-electron chi connectivity index (χ2n) is 3.90. The van der Waals surface area contributed by atoms with E-state index in [9.17, 15) is 14.4 Å². The second kappa shape index (κ2) is 8.76. The Morgan fingerprint density at radius 1 is 1.24 bits per heavy atom. The number of hydrogen-bond donors (Lipinski definition) is 2. The lowest BCUT2D eigenvalue weighted by Crippen LogP contribution is -2.41. The fraction of sp³-hybridized carbons (Fsp3) is 0.214. The van der Waals surface area contributed by atoms with Crippen LogP contribution in [0.1, 0.15) is 12.5 Å². The third kappa shape index (κ3) is 7.12. The van der Waals surface area contributed by atoms with Crippen LogP contribution in [0.3, 0.4) is 0 Å². The summed E-state index contributed by atoms with van der Waals surface area (Å²) in [5, 5.41) is 4.98. The van der Waals surface area contributed by atoms with E-state index in [1.807, 2.05) is 5.32 Å². The molecule has 0 saturated heterocycles. The van der Waals surface area contributed by atoms with Crippen molar-refractivity contribution in [1.82, 2.24) is 10.6 Å². The van der Waals surface area contributed by atoms with E-state index < -0.39 is 24.5 Å². The molecule has 112 valence electrons. The third-order valence-electron chi connectivity index (χ3n) is 2.22. The maximum Gasteiger partial charge on any atom is 0.331 e. The molecule has 0 spiro atoms. The zero-order chi connectivity index (χ0) is 15.7. The first kappa shape index (κ1) is 16.7. The minimum absolute atomic E-state index is 0.392. The van der Waals surface area contributed by atoms with E-state index in [-0.39, 0.29) is 0 Å². The van der Waals surface area contributed by atoms with E-state index in [1.165, 1.54) is 12.2 Å². The van der Waals surface area contributed by atoms with Gasteiger partial charge in [0.1, 0.15) is 0 Å². The summed E-state index contributed by atoms with van der Waals surface area (Å²) in [6, 6.07) is 6.20. The van der Waals surface area contributed by atoms with Gasteiger partial charge in [0, 0.05) is 17.6 Å². The average Bonchev–Trinajstić information content (AvgIpc) is 2.44. The highest BCUT2D eigenvalue weighted by molar-refractivity contribution is 6.30. The van der Waals surface area contributed by atoms with Crippen LogP contribution in [-0.2, 0) is 14.3 Å². The van der Waals surface area contributed by atoms with E-state index in [0.717, 1.165) is 5.56 Å². The molecule has 0 fully saturated rings. The summed E-state index contributed by atoms with van der Waals surface area (Å²) in [6.07, 6.45) is 2.71. The fourth-order valence-corrected chi connectivity index (χ4v) is 1.42. The molecule has 1 rings (SSSR count). The zero-order valence-electron chi connectivity index (χ0n) is 11.4. The van der Waals surface area contributed by atoms with Crippen LogP contribution in [0.15, 0.2) is 30.3 Å². The normalized spacial score (nSPS) is 10.2. The minimum Gasteiger partial charge on any atom is -0.452 e. The molecule has 21 heavy (non-hydrogen) atoms. The van der Waals surface area contributed by atoms with Gasteiger partial charge < -0.3 is 10.1 Å². The van der Waals surface area contributed by atoms with Crippen molar-refractivity contribution in [1.29, 1.82) is 0 Å². The van der Waals surface area contributed by atoms with Crippen molar-refractivity contribution in [2.24, 2.45) is 0 Å². The Balaban J connectivity index is 2.35. The molecule has 1 aromatic carbocycles. The van der Waals surface area contributed by atoms with Crippen LogP contribution in [0, 0.1) is 0 Å². The highest BCUT2D eigenvalue weighted by Gasteiger charge is 2.08. The van der Waals surface area contributed by atoms with Crippen molar-refractivity contribution in [3.63, 3.8) is 0 Å². The lowest BCUT2D eigenvalue weighted by molar-refractivity contribution is -0.143. The monoisotopic (exact) mass is 310 g/mol. The Hall–Kier alpha value is -2.34. The molecular formula is C14H15ClN2O4. The predicted molar refractivity (Wildman–Crippen MR) is 78.7 cm³/mol. The molecule has 3 amide bonds. The van der Waals surface area contributed by atoms with Crippen molar-refractivity contribution >= 4 is 35.6 Å². The number of hydrogen-bond acceptors (Lipinski definition) is 4. The number of nitrogens with one attached hydrogen (secondary N) is 2. The van der Waals surface area contributed by atoms with Gasteiger partial charge in [0.15, 0.2) is 6.61 Å². The quantitative estimate of drug-likeness (QED) is 0.641. The van der Waals surface area contributed by atoms with Gasteiger partial charge in [-0.05, 0) is 30.7 Å². The molecule has 0 aliphatic heterocycles. The van der Waals surface area contributed by atoms with Crippen molar-refractivity contribution in [2.75, 3.05) is 13.2 Å². The Labute approximate surface area is 127 Å². The van der Waals surface area contributed by atoms with Gasteiger partial charge in [0.2, 0.25) is 0 Å². The highest BCUT2D eigenvalue weighted by Crippen LogP contribution is 2.10. The first-order valence-corrected chi connectivity index (χ1v) is 6.57. The number of amides is 3. The maximum atomic E-state index is 11.4. The standard InChI is InChI=1S/C14H15ClN2O4/c1-2-16-14(20)17-12(18)9-21-13(19)8-5-10-3-6-11(15)7-4-10/h3-8H,2,9H2,1H3,(H2,16,17,18,20)/b8-5+. The second-order valence-corrected chi connectivity index (χ2v) is 4.34. The number of halogens is 1. The van der Waals surface area contributed by atoms with Crippen molar-refractivity contribution in [3.05, 3.63) is 40.9 Å². The highest BCUT2D eigenvalue weighted by atomic mass is 35.5. The molecule has 0 atom stereocenters. The van der Waals surface area contributed by atoms with Crippen LogP contribution in [0.2, 0.25) is 5.02 Å². The Bertz CT molecular complexity index is 540. The number of rotatable bonds is 5. The first-order chi connectivity index (χ1) is 10.0. The van der Waals surface area contributed by atoms with Crippen LogP contribution in [0.5, 0.6) is 0 Å². The van der Waals surface area contributed by atoms with Crippen LogP contribution in [0.25, 0.3) is 6.08 Å². The third-order valence-corrected chi connectivity index (χ3v) is 2.47. The van der Waals surface area contributed by atoms with Gasteiger partial charge in [0.05, 0.1) is 0 Å². The minimum atomic E-state index is -0.700. The number of urea groups is 1. The van der Waals surface area contributed by atoms with Crippen molar-refractivity contribution in [3.8, 4) is 0 Å². The number of carbonyl (C=O) groups excluding carboxylic acids is 3. The molecule has 6 nitrogen and oxygen atoms in total. The molecule has 7 heteroatoms. The van der Waals surface area contributed by atoms with Crippen LogP contribution in [-0.4, -0.2) is 31.1 Å². The van der Waals surface area contributed by atoms with Crippen LogP contribution in [0.4, 0.5) is 4.79 Å². The predicted octanol–water partition coefficient (Wildman–Crippen LogP) is 1.74. The number of ether oxygens (including phenoxy) is 1.